The normalized spacial score (nSPS) is 16.3. The summed E-state index contributed by atoms with van der Waals surface area (Å²) in [7, 11) is 3.92. The molecule has 0 saturated carbocycles. The standard InChI is InChI=1S/C19H30N4O3/c1-23(2)9-8-21-17(24)16-5-3-4-15(12-16)13-22-18(25)19(14-20)6-10-26-11-7-19/h3-5,12H,6-11,13-14,20H2,1-2H3,(H,21,24)(H,22,25). The van der Waals surface area contributed by atoms with Crippen LogP contribution in [-0.4, -0.2) is 63.7 Å². The molecule has 0 atom stereocenters. The number of nitrogens with zero attached hydrogens (tertiary/aromatic N) is 1. The molecule has 1 heterocycles. The van der Waals surface area contributed by atoms with Gasteiger partial charge in [-0.15, -0.1) is 0 Å². The molecule has 26 heavy (non-hydrogen) atoms. The molecule has 7 heteroatoms. The van der Waals surface area contributed by atoms with Crippen LogP contribution in [0, 0.1) is 5.41 Å². The Morgan fingerprint density at radius 3 is 2.62 bits per heavy atom. The summed E-state index contributed by atoms with van der Waals surface area (Å²) in [6.45, 7) is 3.19. The van der Waals surface area contributed by atoms with Gasteiger partial charge < -0.3 is 26.0 Å². The Hall–Kier alpha value is -1.96. The van der Waals surface area contributed by atoms with E-state index in [0.717, 1.165) is 12.1 Å². The van der Waals surface area contributed by atoms with E-state index in [1.165, 1.54) is 0 Å². The topological polar surface area (TPSA) is 96.7 Å². The van der Waals surface area contributed by atoms with E-state index in [1.54, 1.807) is 6.07 Å². The molecule has 7 nitrogen and oxygen atoms in total. The molecule has 144 valence electrons. The third kappa shape index (κ3) is 5.52. The minimum absolute atomic E-state index is 0.0378. The SMILES string of the molecule is CN(C)CCNC(=O)c1cccc(CNC(=O)C2(CN)CCOCC2)c1. The van der Waals surface area contributed by atoms with Gasteiger partial charge in [0.2, 0.25) is 5.91 Å². The van der Waals surface area contributed by atoms with Crippen LogP contribution in [0.15, 0.2) is 24.3 Å². The van der Waals surface area contributed by atoms with Crippen molar-refractivity contribution in [3.8, 4) is 0 Å². The number of rotatable bonds is 8. The van der Waals surface area contributed by atoms with Crippen LogP contribution in [0.5, 0.6) is 0 Å². The highest BCUT2D eigenvalue weighted by molar-refractivity contribution is 5.94. The maximum atomic E-state index is 12.6. The lowest BCUT2D eigenvalue weighted by Crippen LogP contribution is -2.48. The average molecular weight is 362 g/mol. The summed E-state index contributed by atoms with van der Waals surface area (Å²) in [5.74, 6) is -0.146. The zero-order valence-electron chi connectivity index (χ0n) is 15.7. The maximum Gasteiger partial charge on any atom is 0.251 e. The summed E-state index contributed by atoms with van der Waals surface area (Å²) in [5, 5.41) is 5.86. The summed E-state index contributed by atoms with van der Waals surface area (Å²) in [6, 6.07) is 7.31. The smallest absolute Gasteiger partial charge is 0.251 e. The lowest BCUT2D eigenvalue weighted by Gasteiger charge is -2.34. The molecular formula is C19H30N4O3. The van der Waals surface area contributed by atoms with Gasteiger partial charge in [0.1, 0.15) is 0 Å². The first-order valence-corrected chi connectivity index (χ1v) is 9.05. The number of ether oxygens (including phenoxy) is 1. The summed E-state index contributed by atoms with van der Waals surface area (Å²) >= 11 is 0. The first-order valence-electron chi connectivity index (χ1n) is 9.05. The van der Waals surface area contributed by atoms with Crippen molar-refractivity contribution in [2.24, 2.45) is 11.1 Å². The number of hydrogen-bond donors (Lipinski definition) is 3. The maximum absolute atomic E-state index is 12.6. The van der Waals surface area contributed by atoms with Crippen LogP contribution in [0.25, 0.3) is 0 Å². The number of carbonyl (C=O) groups is 2. The van der Waals surface area contributed by atoms with Crippen LogP contribution in [0.4, 0.5) is 0 Å². The quantitative estimate of drug-likeness (QED) is 0.620. The first-order chi connectivity index (χ1) is 12.5. The van der Waals surface area contributed by atoms with Gasteiger partial charge in [-0.05, 0) is 44.6 Å². The molecule has 2 amide bonds. The largest absolute Gasteiger partial charge is 0.381 e. The molecule has 0 spiro atoms. The Kier molecular flexibility index (Phi) is 7.56. The van der Waals surface area contributed by atoms with Gasteiger partial charge in [-0.1, -0.05) is 12.1 Å². The second kappa shape index (κ2) is 9.66. The van der Waals surface area contributed by atoms with Crippen LogP contribution >= 0.6 is 0 Å². The summed E-state index contributed by atoms with van der Waals surface area (Å²) < 4.78 is 5.35. The van der Waals surface area contributed by atoms with Gasteiger partial charge in [0.25, 0.3) is 5.91 Å². The minimum atomic E-state index is -0.542. The molecule has 0 aliphatic carbocycles. The van der Waals surface area contributed by atoms with Crippen LogP contribution in [-0.2, 0) is 16.1 Å². The second-order valence-electron chi connectivity index (χ2n) is 7.04. The molecule has 2 rings (SSSR count). The third-order valence-corrected chi connectivity index (χ3v) is 4.81. The Morgan fingerprint density at radius 1 is 1.23 bits per heavy atom. The van der Waals surface area contributed by atoms with Gasteiger partial charge in [-0.3, -0.25) is 9.59 Å². The molecule has 1 aliphatic heterocycles. The van der Waals surface area contributed by atoms with E-state index in [-0.39, 0.29) is 11.8 Å². The zero-order chi connectivity index (χ0) is 19.0. The average Bonchev–Trinajstić information content (AvgIpc) is 2.66. The van der Waals surface area contributed by atoms with E-state index < -0.39 is 5.41 Å². The predicted octanol–water partition coefficient (Wildman–Crippen LogP) is 0.350. The second-order valence-corrected chi connectivity index (χ2v) is 7.04. The molecule has 1 saturated heterocycles. The highest BCUT2D eigenvalue weighted by Crippen LogP contribution is 2.29. The fourth-order valence-corrected chi connectivity index (χ4v) is 2.97. The monoisotopic (exact) mass is 362 g/mol. The molecule has 0 unspecified atom stereocenters. The van der Waals surface area contributed by atoms with Crippen molar-refractivity contribution in [1.82, 2.24) is 15.5 Å². The predicted molar refractivity (Wildman–Crippen MR) is 101 cm³/mol. The van der Waals surface area contributed by atoms with Crippen LogP contribution in [0.2, 0.25) is 0 Å². The van der Waals surface area contributed by atoms with Crippen LogP contribution in [0.1, 0.15) is 28.8 Å². The number of carbonyl (C=O) groups excluding carboxylic acids is 2. The number of nitrogens with one attached hydrogen (secondary N) is 2. The molecule has 0 aromatic heterocycles. The van der Waals surface area contributed by atoms with Gasteiger partial charge in [0, 0.05) is 45.0 Å². The van der Waals surface area contributed by atoms with Crippen molar-refractivity contribution in [2.75, 3.05) is 46.9 Å². The summed E-state index contributed by atoms with van der Waals surface area (Å²) in [5.41, 5.74) is 6.80. The van der Waals surface area contributed by atoms with Crippen molar-refractivity contribution in [3.63, 3.8) is 0 Å². The van der Waals surface area contributed by atoms with Crippen molar-refractivity contribution in [1.29, 1.82) is 0 Å². The first kappa shape index (κ1) is 20.4. The van der Waals surface area contributed by atoms with Crippen molar-refractivity contribution >= 4 is 11.8 Å². The van der Waals surface area contributed by atoms with E-state index in [1.807, 2.05) is 37.2 Å². The van der Waals surface area contributed by atoms with Crippen LogP contribution < -0.4 is 16.4 Å². The summed E-state index contributed by atoms with van der Waals surface area (Å²) in [6.07, 6.45) is 1.29. The lowest BCUT2D eigenvalue weighted by atomic mass is 9.79. The van der Waals surface area contributed by atoms with Crippen molar-refractivity contribution in [2.45, 2.75) is 19.4 Å². The van der Waals surface area contributed by atoms with E-state index in [0.29, 0.717) is 51.3 Å². The Bertz CT molecular complexity index is 613. The van der Waals surface area contributed by atoms with E-state index >= 15 is 0 Å². The molecule has 1 aliphatic rings. The minimum Gasteiger partial charge on any atom is -0.381 e. The van der Waals surface area contributed by atoms with Crippen molar-refractivity contribution < 1.29 is 14.3 Å². The van der Waals surface area contributed by atoms with Gasteiger partial charge in [-0.2, -0.15) is 0 Å². The number of amides is 2. The number of benzene rings is 1. The van der Waals surface area contributed by atoms with Gasteiger partial charge in [0.05, 0.1) is 5.41 Å². The molecule has 0 radical (unpaired) electrons. The molecule has 1 fully saturated rings. The summed E-state index contributed by atoms with van der Waals surface area (Å²) in [4.78, 5) is 26.8. The number of nitrogens with two attached hydrogens (primary N) is 1. The molecule has 0 bridgehead atoms. The fourth-order valence-electron chi connectivity index (χ4n) is 2.97. The number of hydrogen-bond acceptors (Lipinski definition) is 5. The van der Waals surface area contributed by atoms with Gasteiger partial charge >= 0.3 is 0 Å². The zero-order valence-corrected chi connectivity index (χ0v) is 15.7. The van der Waals surface area contributed by atoms with Crippen LogP contribution in [0.3, 0.4) is 0 Å². The molecular weight excluding hydrogens is 332 g/mol. The molecule has 4 N–H and O–H groups in total. The fraction of sp³-hybridized carbons (Fsp3) is 0.579. The van der Waals surface area contributed by atoms with E-state index in [9.17, 15) is 9.59 Å². The third-order valence-electron chi connectivity index (χ3n) is 4.81. The molecule has 1 aromatic rings. The van der Waals surface area contributed by atoms with Gasteiger partial charge in [0.15, 0.2) is 0 Å². The Balaban J connectivity index is 1.91. The lowest BCUT2D eigenvalue weighted by molar-refractivity contribution is -0.136. The van der Waals surface area contributed by atoms with E-state index in [2.05, 4.69) is 10.6 Å². The highest BCUT2D eigenvalue weighted by Gasteiger charge is 2.38. The van der Waals surface area contributed by atoms with Gasteiger partial charge in [-0.25, -0.2) is 0 Å². The molecule has 1 aromatic carbocycles. The van der Waals surface area contributed by atoms with E-state index in [4.69, 9.17) is 10.5 Å². The van der Waals surface area contributed by atoms with Crippen molar-refractivity contribution in [3.05, 3.63) is 35.4 Å². The highest BCUT2D eigenvalue weighted by atomic mass is 16.5. The Morgan fingerprint density at radius 2 is 1.96 bits per heavy atom. The Labute approximate surface area is 155 Å². The number of likely N-dealkylation sites (N-methyl/N-ethyl adjacent to an activating group) is 1.